The van der Waals surface area contributed by atoms with Crippen LogP contribution < -0.4 is 10.2 Å². The lowest BCUT2D eigenvalue weighted by molar-refractivity contribution is 0.628. The van der Waals surface area contributed by atoms with Gasteiger partial charge in [0.1, 0.15) is 0 Å². The minimum atomic E-state index is 0.732. The van der Waals surface area contributed by atoms with E-state index in [1.807, 2.05) is 0 Å². The second-order valence-corrected chi connectivity index (χ2v) is 5.13. The van der Waals surface area contributed by atoms with Gasteiger partial charge in [-0.25, -0.2) is 0 Å². The number of anilines is 1. The van der Waals surface area contributed by atoms with Gasteiger partial charge < -0.3 is 10.2 Å². The van der Waals surface area contributed by atoms with Crippen LogP contribution in [0.5, 0.6) is 0 Å². The van der Waals surface area contributed by atoms with Gasteiger partial charge in [0.2, 0.25) is 0 Å². The molecule has 0 amide bonds. The molecule has 0 spiro atoms. The fourth-order valence-corrected chi connectivity index (χ4v) is 2.51. The Hall–Kier alpha value is -1.95. The first-order valence-corrected chi connectivity index (χ1v) is 7.09. The average Bonchev–Trinajstić information content (AvgIpc) is 2.72. The molecule has 0 saturated carbocycles. The Morgan fingerprint density at radius 3 is 2.75 bits per heavy atom. The highest BCUT2D eigenvalue weighted by Crippen LogP contribution is 2.17. The molecule has 6 heteroatoms. The van der Waals surface area contributed by atoms with Gasteiger partial charge in [-0.3, -0.25) is 0 Å². The lowest BCUT2D eigenvalue weighted by Gasteiger charge is -2.22. The van der Waals surface area contributed by atoms with E-state index in [1.54, 1.807) is 7.05 Å². The molecule has 0 bridgehead atoms. The molecule has 3 rings (SSSR count). The van der Waals surface area contributed by atoms with Crippen LogP contribution in [-0.4, -0.2) is 46.4 Å². The number of benzene rings is 1. The molecule has 1 aliphatic rings. The minimum absolute atomic E-state index is 0.732. The Morgan fingerprint density at radius 2 is 2.00 bits per heavy atom. The van der Waals surface area contributed by atoms with Crippen molar-refractivity contribution in [3.05, 3.63) is 35.7 Å². The summed E-state index contributed by atoms with van der Waals surface area (Å²) in [5, 5.41) is 15.5. The SMILES string of the molecule is Cn1nnc(Cc2ccc(N3CCCNCC3)cc2)n1. The molecule has 1 saturated heterocycles. The third kappa shape index (κ3) is 3.14. The molecule has 20 heavy (non-hydrogen) atoms. The summed E-state index contributed by atoms with van der Waals surface area (Å²) in [5.74, 6) is 0.763. The van der Waals surface area contributed by atoms with Crippen LogP contribution in [0.15, 0.2) is 24.3 Å². The normalized spacial score (nSPS) is 16.1. The summed E-state index contributed by atoms with van der Waals surface area (Å²) in [5.41, 5.74) is 2.51. The van der Waals surface area contributed by atoms with Gasteiger partial charge in [-0.2, -0.15) is 4.80 Å². The summed E-state index contributed by atoms with van der Waals surface area (Å²) < 4.78 is 0. The van der Waals surface area contributed by atoms with Crippen LogP contribution in [0, 0.1) is 0 Å². The molecule has 2 aromatic rings. The van der Waals surface area contributed by atoms with Gasteiger partial charge in [-0.15, -0.1) is 10.2 Å². The first-order valence-electron chi connectivity index (χ1n) is 7.09. The first-order chi connectivity index (χ1) is 9.81. The lowest BCUT2D eigenvalue weighted by Crippen LogP contribution is -2.27. The summed E-state index contributed by atoms with van der Waals surface area (Å²) in [6.45, 7) is 4.38. The van der Waals surface area contributed by atoms with Crippen molar-refractivity contribution < 1.29 is 0 Å². The largest absolute Gasteiger partial charge is 0.370 e. The Kier molecular flexibility index (Phi) is 3.92. The maximum absolute atomic E-state index is 4.21. The van der Waals surface area contributed by atoms with Gasteiger partial charge in [0, 0.05) is 31.7 Å². The molecule has 0 radical (unpaired) electrons. The zero-order chi connectivity index (χ0) is 13.8. The number of aryl methyl sites for hydroxylation is 1. The average molecular weight is 272 g/mol. The smallest absolute Gasteiger partial charge is 0.179 e. The molecule has 0 atom stereocenters. The van der Waals surface area contributed by atoms with Gasteiger partial charge in [0.15, 0.2) is 5.82 Å². The fraction of sp³-hybridized carbons (Fsp3) is 0.500. The molecule has 1 N–H and O–H groups in total. The zero-order valence-electron chi connectivity index (χ0n) is 11.8. The Balaban J connectivity index is 1.67. The van der Waals surface area contributed by atoms with E-state index in [4.69, 9.17) is 0 Å². The highest BCUT2D eigenvalue weighted by Gasteiger charge is 2.09. The van der Waals surface area contributed by atoms with Crippen LogP contribution in [0.4, 0.5) is 5.69 Å². The summed E-state index contributed by atoms with van der Waals surface area (Å²) in [6, 6.07) is 8.70. The van der Waals surface area contributed by atoms with E-state index < -0.39 is 0 Å². The van der Waals surface area contributed by atoms with Crippen molar-refractivity contribution in [2.24, 2.45) is 7.05 Å². The van der Waals surface area contributed by atoms with Crippen LogP contribution in [0.25, 0.3) is 0 Å². The molecule has 1 fully saturated rings. The number of rotatable bonds is 3. The Labute approximate surface area is 118 Å². The van der Waals surface area contributed by atoms with Gasteiger partial charge >= 0.3 is 0 Å². The standard InChI is InChI=1S/C14H20N6/c1-19-17-14(16-18-19)11-12-3-5-13(6-4-12)20-9-2-7-15-8-10-20/h3-6,15H,2,7-11H2,1H3. The summed E-state index contributed by atoms with van der Waals surface area (Å²) >= 11 is 0. The zero-order valence-corrected chi connectivity index (χ0v) is 11.8. The monoisotopic (exact) mass is 272 g/mol. The molecule has 2 heterocycles. The highest BCUT2D eigenvalue weighted by atomic mass is 15.6. The van der Waals surface area contributed by atoms with Crippen LogP contribution in [0.1, 0.15) is 17.8 Å². The minimum Gasteiger partial charge on any atom is -0.370 e. The van der Waals surface area contributed by atoms with Gasteiger partial charge in [-0.05, 0) is 35.9 Å². The molecule has 1 aromatic carbocycles. The molecule has 0 aliphatic carbocycles. The fourth-order valence-electron chi connectivity index (χ4n) is 2.51. The number of aromatic nitrogens is 4. The van der Waals surface area contributed by atoms with Crippen molar-refractivity contribution >= 4 is 5.69 Å². The highest BCUT2D eigenvalue weighted by molar-refractivity contribution is 5.48. The number of tetrazole rings is 1. The molecular formula is C14H20N6. The molecular weight excluding hydrogens is 252 g/mol. The molecule has 106 valence electrons. The van der Waals surface area contributed by atoms with E-state index in [0.717, 1.165) is 38.4 Å². The van der Waals surface area contributed by atoms with Crippen molar-refractivity contribution in [3.8, 4) is 0 Å². The second-order valence-electron chi connectivity index (χ2n) is 5.13. The van der Waals surface area contributed by atoms with Crippen LogP contribution >= 0.6 is 0 Å². The van der Waals surface area contributed by atoms with Crippen molar-refractivity contribution in [2.45, 2.75) is 12.8 Å². The van der Waals surface area contributed by atoms with Crippen molar-refractivity contribution in [1.82, 2.24) is 25.5 Å². The second kappa shape index (κ2) is 6.00. The first kappa shape index (κ1) is 13.1. The number of nitrogens with one attached hydrogen (secondary N) is 1. The maximum Gasteiger partial charge on any atom is 0.179 e. The lowest BCUT2D eigenvalue weighted by atomic mass is 10.1. The molecule has 1 aliphatic heterocycles. The van der Waals surface area contributed by atoms with Crippen LogP contribution in [0.3, 0.4) is 0 Å². The van der Waals surface area contributed by atoms with Crippen molar-refractivity contribution in [2.75, 3.05) is 31.1 Å². The number of hydrogen-bond donors (Lipinski definition) is 1. The summed E-state index contributed by atoms with van der Waals surface area (Å²) in [7, 11) is 1.78. The molecule has 0 unspecified atom stereocenters. The Morgan fingerprint density at radius 1 is 1.15 bits per heavy atom. The van der Waals surface area contributed by atoms with Gasteiger partial charge in [0.25, 0.3) is 0 Å². The van der Waals surface area contributed by atoms with Crippen molar-refractivity contribution in [3.63, 3.8) is 0 Å². The van der Waals surface area contributed by atoms with E-state index in [1.165, 1.54) is 22.5 Å². The van der Waals surface area contributed by atoms with Gasteiger partial charge in [0.05, 0.1) is 7.05 Å². The third-order valence-electron chi connectivity index (χ3n) is 3.55. The molecule has 1 aromatic heterocycles. The van der Waals surface area contributed by atoms with E-state index in [0.29, 0.717) is 0 Å². The predicted octanol–water partition coefficient (Wildman–Crippen LogP) is 0.601. The number of nitrogens with zero attached hydrogens (tertiary/aromatic N) is 5. The third-order valence-corrected chi connectivity index (χ3v) is 3.55. The number of hydrogen-bond acceptors (Lipinski definition) is 5. The van der Waals surface area contributed by atoms with Crippen LogP contribution in [-0.2, 0) is 13.5 Å². The quantitative estimate of drug-likeness (QED) is 0.886. The van der Waals surface area contributed by atoms with E-state index in [-0.39, 0.29) is 0 Å². The predicted molar refractivity (Wildman–Crippen MR) is 77.7 cm³/mol. The van der Waals surface area contributed by atoms with Crippen molar-refractivity contribution in [1.29, 1.82) is 0 Å². The topological polar surface area (TPSA) is 58.9 Å². The Bertz CT molecular complexity index is 539. The van der Waals surface area contributed by atoms with Gasteiger partial charge in [-0.1, -0.05) is 12.1 Å². The summed E-state index contributed by atoms with van der Waals surface area (Å²) in [6.07, 6.45) is 1.93. The van der Waals surface area contributed by atoms with Crippen LogP contribution in [0.2, 0.25) is 0 Å². The molecule has 6 nitrogen and oxygen atoms in total. The van der Waals surface area contributed by atoms with E-state index in [2.05, 4.69) is 49.9 Å². The summed E-state index contributed by atoms with van der Waals surface area (Å²) in [4.78, 5) is 3.93. The van der Waals surface area contributed by atoms with E-state index >= 15 is 0 Å². The van der Waals surface area contributed by atoms with E-state index in [9.17, 15) is 0 Å². The maximum atomic E-state index is 4.21.